The first-order chi connectivity index (χ1) is 27.3. The van der Waals surface area contributed by atoms with Crippen LogP contribution >= 0.6 is 11.5 Å². The molecule has 0 spiro atoms. The molecule has 0 aliphatic carbocycles. The maximum Gasteiger partial charge on any atom is 0.174 e. The lowest BCUT2D eigenvalue weighted by molar-refractivity contribution is 1.08. The number of fused-ring (bicyclic) bond motifs is 6. The fraction of sp³-hybridized carbons (Fsp3) is 0. The summed E-state index contributed by atoms with van der Waals surface area (Å²) in [5.41, 5.74) is 9.98. The summed E-state index contributed by atoms with van der Waals surface area (Å²) in [5, 5.41) is 5.29. The van der Waals surface area contributed by atoms with Gasteiger partial charge in [0.1, 0.15) is 5.01 Å². The van der Waals surface area contributed by atoms with E-state index < -0.39 is 0 Å². The predicted octanol–water partition coefficient (Wildman–Crippen LogP) is 11.0. The summed E-state index contributed by atoms with van der Waals surface area (Å²) in [6, 6.07) is 49.7. The highest BCUT2D eigenvalue weighted by atomic mass is 32.1. The summed E-state index contributed by atoms with van der Waals surface area (Å²) in [7, 11) is 0. The van der Waals surface area contributed by atoms with E-state index in [-0.39, 0.29) is 0 Å². The molecule has 55 heavy (non-hydrogen) atoms. The van der Waals surface area contributed by atoms with Crippen LogP contribution in [0.1, 0.15) is 0 Å². The molecule has 0 aliphatic rings. The van der Waals surface area contributed by atoms with Gasteiger partial charge in [0.05, 0.1) is 58.2 Å². The highest BCUT2D eigenvalue weighted by Gasteiger charge is 2.22. The van der Waals surface area contributed by atoms with Gasteiger partial charge in [0.15, 0.2) is 17.5 Å². The van der Waals surface area contributed by atoms with Crippen LogP contribution in [-0.2, 0) is 0 Å². The van der Waals surface area contributed by atoms with E-state index in [0.717, 1.165) is 82.2 Å². The van der Waals surface area contributed by atoms with E-state index in [4.69, 9.17) is 29.3 Å². The Bertz CT molecular complexity index is 2970. The molecule has 0 atom stereocenters. The molecule has 0 unspecified atom stereocenters. The Morgan fingerprint density at radius 1 is 0.382 bits per heavy atom. The molecule has 0 aliphatic heterocycles. The lowest BCUT2D eigenvalue weighted by Gasteiger charge is -2.08. The van der Waals surface area contributed by atoms with Crippen molar-refractivity contribution >= 4 is 55.1 Å². The summed E-state index contributed by atoms with van der Waals surface area (Å²) in [4.78, 5) is 24.3. The Balaban J connectivity index is 1.03. The Morgan fingerprint density at radius 3 is 1.35 bits per heavy atom. The molecular formula is C46H28N8S. The number of nitrogens with zero attached hydrogens (tertiary/aromatic N) is 8. The number of para-hydroxylation sites is 2. The summed E-state index contributed by atoms with van der Waals surface area (Å²) in [6.07, 6.45) is 7.59. The second kappa shape index (κ2) is 12.6. The average Bonchev–Trinajstić information content (AvgIpc) is 3.98. The van der Waals surface area contributed by atoms with Crippen molar-refractivity contribution < 1.29 is 0 Å². The summed E-state index contributed by atoms with van der Waals surface area (Å²) < 4.78 is 9.46. The topological polar surface area (TPSA) is 87.2 Å². The lowest BCUT2D eigenvalue weighted by Crippen LogP contribution is -1.97. The highest BCUT2D eigenvalue weighted by Crippen LogP contribution is 2.42. The fourth-order valence-corrected chi connectivity index (χ4v) is 8.46. The molecular weight excluding hydrogens is 697 g/mol. The van der Waals surface area contributed by atoms with Gasteiger partial charge in [-0.1, -0.05) is 121 Å². The molecule has 5 heterocycles. The van der Waals surface area contributed by atoms with E-state index in [1.54, 1.807) is 0 Å². The molecule has 0 saturated heterocycles. The van der Waals surface area contributed by atoms with E-state index in [2.05, 4.69) is 94.1 Å². The molecule has 11 rings (SSSR count). The Hall–Kier alpha value is -7.36. The van der Waals surface area contributed by atoms with Crippen molar-refractivity contribution in [3.63, 3.8) is 0 Å². The molecule has 0 bridgehead atoms. The summed E-state index contributed by atoms with van der Waals surface area (Å²) >= 11 is 1.42. The Kier molecular flexibility index (Phi) is 7.17. The first kappa shape index (κ1) is 31.2. The first-order valence-corrected chi connectivity index (χ1v) is 18.7. The van der Waals surface area contributed by atoms with E-state index in [9.17, 15) is 0 Å². The third-order valence-corrected chi connectivity index (χ3v) is 10.9. The van der Waals surface area contributed by atoms with Gasteiger partial charge in [-0.2, -0.15) is 4.37 Å². The van der Waals surface area contributed by atoms with Crippen LogP contribution in [0.2, 0.25) is 0 Å². The minimum absolute atomic E-state index is 0.690. The van der Waals surface area contributed by atoms with E-state index >= 15 is 0 Å². The van der Waals surface area contributed by atoms with Gasteiger partial charge < -0.3 is 9.13 Å². The molecule has 0 radical (unpaired) electrons. The molecule has 258 valence electrons. The zero-order valence-corrected chi connectivity index (χ0v) is 30.0. The van der Waals surface area contributed by atoms with Crippen molar-refractivity contribution in [3.8, 4) is 56.1 Å². The van der Waals surface area contributed by atoms with Crippen LogP contribution in [0.15, 0.2) is 170 Å². The van der Waals surface area contributed by atoms with Crippen molar-refractivity contribution in [2.75, 3.05) is 0 Å². The molecule has 0 saturated carbocycles. The average molecular weight is 725 g/mol. The quantitative estimate of drug-likeness (QED) is 0.170. The monoisotopic (exact) mass is 724 g/mol. The normalized spacial score (nSPS) is 11.6. The van der Waals surface area contributed by atoms with E-state index in [1.807, 2.05) is 85.5 Å². The number of benzene rings is 6. The van der Waals surface area contributed by atoms with E-state index in [1.165, 1.54) is 11.5 Å². The molecule has 9 heteroatoms. The van der Waals surface area contributed by atoms with Crippen LogP contribution in [0.3, 0.4) is 0 Å². The van der Waals surface area contributed by atoms with Crippen molar-refractivity contribution in [1.82, 2.24) is 38.4 Å². The van der Waals surface area contributed by atoms with Gasteiger partial charge in [-0.3, -0.25) is 0 Å². The number of rotatable bonds is 6. The summed E-state index contributed by atoms with van der Waals surface area (Å²) in [6.45, 7) is 0. The Labute approximate surface area is 318 Å². The van der Waals surface area contributed by atoms with Gasteiger partial charge in [-0.05, 0) is 35.8 Å². The SMILES string of the molecule is c1ccc(-c2ncc(-n3c4ccccc4c4c(-c5nsc(-c6cccc7c6c6ccccc6n7-c6cnc(-c7ccccc7)nc6)n5)cccc43)cn2)cc1. The third kappa shape index (κ3) is 5.05. The first-order valence-electron chi connectivity index (χ1n) is 17.9. The third-order valence-electron chi connectivity index (χ3n) is 10.1. The molecule has 8 nitrogen and oxygen atoms in total. The van der Waals surface area contributed by atoms with Crippen LogP contribution < -0.4 is 0 Å². The second-order valence-corrected chi connectivity index (χ2v) is 14.0. The number of hydrogen-bond acceptors (Lipinski definition) is 7. The fourth-order valence-electron chi connectivity index (χ4n) is 7.75. The van der Waals surface area contributed by atoms with Gasteiger partial charge in [-0.25, -0.2) is 24.9 Å². The van der Waals surface area contributed by atoms with Crippen LogP contribution in [0.4, 0.5) is 0 Å². The Morgan fingerprint density at radius 2 is 0.818 bits per heavy atom. The molecule has 5 aromatic heterocycles. The van der Waals surface area contributed by atoms with Crippen molar-refractivity contribution in [2.24, 2.45) is 0 Å². The maximum absolute atomic E-state index is 5.26. The van der Waals surface area contributed by atoms with Gasteiger partial charge in [0.2, 0.25) is 0 Å². The van der Waals surface area contributed by atoms with Crippen molar-refractivity contribution in [1.29, 1.82) is 0 Å². The minimum atomic E-state index is 0.690. The number of aromatic nitrogens is 8. The lowest BCUT2D eigenvalue weighted by atomic mass is 10.1. The van der Waals surface area contributed by atoms with Crippen LogP contribution in [-0.4, -0.2) is 38.4 Å². The van der Waals surface area contributed by atoms with Gasteiger partial charge >= 0.3 is 0 Å². The molecule has 0 N–H and O–H groups in total. The standard InChI is InChI=1S/C46H28N8S/c1-3-13-29(14-4-1)43-47-25-31(26-48-43)53-37-21-9-7-17-33(37)41-35(19-11-23-39(41)53)45-51-46(55-52-45)36-20-12-24-40-42(36)34-18-8-10-22-38(34)54(40)32-27-49-44(50-28-32)30-15-5-2-6-16-30/h1-28H. The van der Waals surface area contributed by atoms with Crippen LogP contribution in [0, 0.1) is 0 Å². The molecule has 0 fully saturated rings. The van der Waals surface area contributed by atoms with Crippen LogP contribution in [0.25, 0.3) is 99.7 Å². The van der Waals surface area contributed by atoms with Crippen LogP contribution in [0.5, 0.6) is 0 Å². The smallest absolute Gasteiger partial charge is 0.174 e. The maximum atomic E-state index is 5.26. The van der Waals surface area contributed by atoms with Gasteiger partial charge in [-0.15, -0.1) is 0 Å². The zero-order valence-electron chi connectivity index (χ0n) is 29.2. The van der Waals surface area contributed by atoms with Crippen molar-refractivity contribution in [3.05, 3.63) is 170 Å². The zero-order chi connectivity index (χ0) is 36.3. The second-order valence-electron chi connectivity index (χ2n) is 13.3. The molecule has 6 aromatic carbocycles. The molecule has 0 amide bonds. The van der Waals surface area contributed by atoms with Crippen molar-refractivity contribution in [2.45, 2.75) is 0 Å². The van der Waals surface area contributed by atoms with Gasteiger partial charge in [0.25, 0.3) is 0 Å². The minimum Gasteiger partial charge on any atom is -0.306 e. The summed E-state index contributed by atoms with van der Waals surface area (Å²) in [5.74, 6) is 2.08. The highest BCUT2D eigenvalue weighted by molar-refractivity contribution is 7.09. The molecule has 11 aromatic rings. The number of hydrogen-bond donors (Lipinski definition) is 0. The van der Waals surface area contributed by atoms with Gasteiger partial charge in [0, 0.05) is 43.8 Å². The van der Waals surface area contributed by atoms with E-state index in [0.29, 0.717) is 17.5 Å². The largest absolute Gasteiger partial charge is 0.306 e. The predicted molar refractivity (Wildman–Crippen MR) is 222 cm³/mol.